The number of likely N-dealkylation sites (tertiary alicyclic amines) is 1. The highest BCUT2D eigenvalue weighted by atomic mass is 16.5. The van der Waals surface area contributed by atoms with E-state index in [9.17, 15) is 9.59 Å². The third-order valence-corrected chi connectivity index (χ3v) is 4.82. The first kappa shape index (κ1) is 19.1. The van der Waals surface area contributed by atoms with Crippen LogP contribution in [-0.4, -0.2) is 49.1 Å². The van der Waals surface area contributed by atoms with E-state index < -0.39 is 0 Å². The smallest absolute Gasteiger partial charge is 0.338 e. The lowest BCUT2D eigenvalue weighted by atomic mass is 10.0. The van der Waals surface area contributed by atoms with Crippen molar-refractivity contribution in [2.24, 2.45) is 0 Å². The van der Waals surface area contributed by atoms with Gasteiger partial charge in [-0.1, -0.05) is 36.4 Å². The van der Waals surface area contributed by atoms with E-state index in [2.05, 4.69) is 10.2 Å². The second kappa shape index (κ2) is 9.88. The molecule has 1 aliphatic heterocycles. The van der Waals surface area contributed by atoms with E-state index in [-0.39, 0.29) is 17.9 Å². The predicted molar refractivity (Wildman–Crippen MR) is 105 cm³/mol. The molecule has 0 aromatic heterocycles. The third-order valence-electron chi connectivity index (χ3n) is 4.82. The quantitative estimate of drug-likeness (QED) is 0.604. The topological polar surface area (TPSA) is 58.6 Å². The Bertz CT molecular complexity index is 723. The molecule has 0 unspecified atom stereocenters. The molecule has 1 amide bonds. The van der Waals surface area contributed by atoms with Crippen LogP contribution in [-0.2, 0) is 4.74 Å². The summed E-state index contributed by atoms with van der Waals surface area (Å²) in [4.78, 5) is 26.5. The van der Waals surface area contributed by atoms with Crippen molar-refractivity contribution < 1.29 is 14.3 Å². The lowest BCUT2D eigenvalue weighted by Crippen LogP contribution is -2.45. The minimum atomic E-state index is -0.266. The fraction of sp³-hybridized carbons (Fsp3) is 0.364. The zero-order chi connectivity index (χ0) is 18.9. The van der Waals surface area contributed by atoms with Gasteiger partial charge < -0.3 is 15.0 Å². The number of esters is 1. The molecular weight excluding hydrogens is 340 g/mol. The molecule has 2 aromatic rings. The predicted octanol–water partition coefficient (Wildman–Crippen LogP) is 3.13. The Balaban J connectivity index is 1.30. The van der Waals surface area contributed by atoms with Crippen LogP contribution in [0.1, 0.15) is 40.0 Å². The first-order valence-electron chi connectivity index (χ1n) is 9.53. The summed E-state index contributed by atoms with van der Waals surface area (Å²) < 4.78 is 5.32. The molecule has 1 fully saturated rings. The molecule has 0 bridgehead atoms. The van der Waals surface area contributed by atoms with Crippen molar-refractivity contribution in [3.8, 4) is 0 Å². The lowest BCUT2D eigenvalue weighted by Gasteiger charge is -2.32. The number of nitrogens with one attached hydrogen (secondary N) is 1. The van der Waals surface area contributed by atoms with Crippen LogP contribution in [0.2, 0.25) is 0 Å². The van der Waals surface area contributed by atoms with Gasteiger partial charge in [0.2, 0.25) is 0 Å². The third kappa shape index (κ3) is 5.93. The van der Waals surface area contributed by atoms with Crippen LogP contribution in [0.15, 0.2) is 60.7 Å². The van der Waals surface area contributed by atoms with Gasteiger partial charge >= 0.3 is 5.97 Å². The van der Waals surface area contributed by atoms with Gasteiger partial charge in [0, 0.05) is 31.2 Å². The fourth-order valence-corrected chi connectivity index (χ4v) is 3.27. The van der Waals surface area contributed by atoms with Gasteiger partial charge in [-0.3, -0.25) is 4.79 Å². The maximum atomic E-state index is 12.2. The first-order chi connectivity index (χ1) is 13.2. The number of carbonyl (C=O) groups is 2. The van der Waals surface area contributed by atoms with E-state index in [0.29, 0.717) is 17.7 Å². The number of amides is 1. The summed E-state index contributed by atoms with van der Waals surface area (Å²) >= 11 is 0. The fourth-order valence-electron chi connectivity index (χ4n) is 3.27. The van der Waals surface area contributed by atoms with Gasteiger partial charge in [-0.15, -0.1) is 0 Å². The molecule has 5 heteroatoms. The summed E-state index contributed by atoms with van der Waals surface area (Å²) in [6.07, 6.45) is 2.71. The Hall–Kier alpha value is -2.66. The number of benzene rings is 2. The first-order valence-corrected chi connectivity index (χ1v) is 9.53. The average Bonchev–Trinajstić information content (AvgIpc) is 2.73. The van der Waals surface area contributed by atoms with Crippen LogP contribution in [0, 0.1) is 0 Å². The minimum Gasteiger partial charge on any atom is -0.462 e. The van der Waals surface area contributed by atoms with Gasteiger partial charge in [0.05, 0.1) is 12.2 Å². The molecule has 142 valence electrons. The Morgan fingerprint density at radius 1 is 0.926 bits per heavy atom. The summed E-state index contributed by atoms with van der Waals surface area (Å²) in [5, 5.41) is 3.12. The Labute approximate surface area is 160 Å². The zero-order valence-electron chi connectivity index (χ0n) is 15.5. The molecule has 0 radical (unpaired) electrons. The number of hydrogen-bond acceptors (Lipinski definition) is 4. The molecular formula is C22H26N2O3. The van der Waals surface area contributed by atoms with Gasteiger partial charge in [0.25, 0.3) is 5.91 Å². The summed E-state index contributed by atoms with van der Waals surface area (Å²) in [6.45, 7) is 3.23. The molecule has 5 nitrogen and oxygen atoms in total. The van der Waals surface area contributed by atoms with E-state index in [1.165, 1.54) is 0 Å². The molecule has 0 saturated carbocycles. The summed E-state index contributed by atoms with van der Waals surface area (Å²) in [5.74, 6) is -0.264. The average molecular weight is 366 g/mol. The van der Waals surface area contributed by atoms with Crippen LogP contribution in [0.25, 0.3) is 0 Å². The molecule has 0 spiro atoms. The summed E-state index contributed by atoms with van der Waals surface area (Å²) in [6, 6.07) is 18.6. The number of piperidine rings is 1. The van der Waals surface area contributed by atoms with E-state index in [1.807, 2.05) is 48.5 Å². The molecule has 1 aliphatic rings. The van der Waals surface area contributed by atoms with E-state index in [4.69, 9.17) is 4.74 Å². The molecule has 1 saturated heterocycles. The normalized spacial score (nSPS) is 15.3. The number of hydrogen-bond donors (Lipinski definition) is 1. The monoisotopic (exact) mass is 366 g/mol. The van der Waals surface area contributed by atoms with Crippen LogP contribution in [0.5, 0.6) is 0 Å². The Morgan fingerprint density at radius 3 is 2.15 bits per heavy atom. The maximum absolute atomic E-state index is 12.2. The lowest BCUT2D eigenvalue weighted by molar-refractivity contribution is 0.0484. The number of nitrogens with zero attached hydrogens (tertiary/aromatic N) is 1. The van der Waals surface area contributed by atoms with Crippen molar-refractivity contribution >= 4 is 11.9 Å². The van der Waals surface area contributed by atoms with Crippen LogP contribution < -0.4 is 5.32 Å². The molecule has 27 heavy (non-hydrogen) atoms. The number of carbonyl (C=O) groups excluding carboxylic acids is 2. The van der Waals surface area contributed by atoms with Crippen molar-refractivity contribution in [2.45, 2.75) is 25.3 Å². The van der Waals surface area contributed by atoms with Crippen LogP contribution in [0.3, 0.4) is 0 Å². The van der Waals surface area contributed by atoms with Crippen LogP contribution >= 0.6 is 0 Å². The van der Waals surface area contributed by atoms with Crippen molar-refractivity contribution in [3.05, 3.63) is 71.8 Å². The standard InChI is InChI=1S/C22H26N2O3/c25-21(18-8-3-1-4-9-18)23-20-12-15-24(16-13-20)14-7-17-27-22(26)19-10-5-2-6-11-19/h1-6,8-11,20H,7,12-17H2,(H,23,25). The summed E-state index contributed by atoms with van der Waals surface area (Å²) in [7, 11) is 0. The van der Waals surface area contributed by atoms with E-state index >= 15 is 0 Å². The van der Waals surface area contributed by atoms with E-state index in [0.717, 1.165) is 38.9 Å². The van der Waals surface area contributed by atoms with Gasteiger partial charge in [0.15, 0.2) is 0 Å². The number of ether oxygens (including phenoxy) is 1. The molecule has 0 atom stereocenters. The summed E-state index contributed by atoms with van der Waals surface area (Å²) in [5.41, 5.74) is 1.30. The molecule has 3 rings (SSSR count). The molecule has 0 aliphatic carbocycles. The van der Waals surface area contributed by atoms with E-state index in [1.54, 1.807) is 12.1 Å². The zero-order valence-corrected chi connectivity index (χ0v) is 15.5. The van der Waals surface area contributed by atoms with Gasteiger partial charge in [-0.2, -0.15) is 0 Å². The van der Waals surface area contributed by atoms with Crippen molar-refractivity contribution in [2.75, 3.05) is 26.2 Å². The largest absolute Gasteiger partial charge is 0.462 e. The van der Waals surface area contributed by atoms with Gasteiger partial charge in [-0.25, -0.2) is 4.79 Å². The maximum Gasteiger partial charge on any atom is 0.338 e. The highest BCUT2D eigenvalue weighted by Crippen LogP contribution is 2.12. The van der Waals surface area contributed by atoms with Gasteiger partial charge in [0.1, 0.15) is 0 Å². The highest BCUT2D eigenvalue weighted by molar-refractivity contribution is 5.94. The minimum absolute atomic E-state index is 0.00174. The van der Waals surface area contributed by atoms with Crippen LogP contribution in [0.4, 0.5) is 0 Å². The number of rotatable bonds is 7. The highest BCUT2D eigenvalue weighted by Gasteiger charge is 2.20. The Morgan fingerprint density at radius 2 is 1.52 bits per heavy atom. The molecule has 1 heterocycles. The molecule has 2 aromatic carbocycles. The SMILES string of the molecule is O=C(NC1CCN(CCCOC(=O)c2ccccc2)CC1)c1ccccc1. The second-order valence-electron chi connectivity index (χ2n) is 6.81. The molecule has 1 N–H and O–H groups in total. The second-order valence-corrected chi connectivity index (χ2v) is 6.81. The van der Waals surface area contributed by atoms with Crippen molar-refractivity contribution in [1.29, 1.82) is 0 Å². The van der Waals surface area contributed by atoms with Crippen molar-refractivity contribution in [3.63, 3.8) is 0 Å². The van der Waals surface area contributed by atoms with Gasteiger partial charge in [-0.05, 0) is 43.5 Å². The van der Waals surface area contributed by atoms with Crippen molar-refractivity contribution in [1.82, 2.24) is 10.2 Å². The Kier molecular flexibility index (Phi) is 6.99.